The van der Waals surface area contributed by atoms with Crippen LogP contribution >= 0.6 is 0 Å². The Morgan fingerprint density at radius 2 is 1.82 bits per heavy atom. The van der Waals surface area contributed by atoms with E-state index in [0.717, 1.165) is 37.7 Å². The lowest BCUT2D eigenvalue weighted by molar-refractivity contribution is 0.0740. The minimum absolute atomic E-state index is 0.0144. The lowest BCUT2D eigenvalue weighted by Gasteiger charge is -2.37. The van der Waals surface area contributed by atoms with E-state index in [-0.39, 0.29) is 5.91 Å². The molecule has 2 aromatic rings. The van der Waals surface area contributed by atoms with E-state index in [4.69, 9.17) is 0 Å². The molecule has 28 heavy (non-hydrogen) atoms. The number of hydrogen-bond donors (Lipinski definition) is 0. The van der Waals surface area contributed by atoms with Gasteiger partial charge >= 0.3 is 0 Å². The smallest absolute Gasteiger partial charge is 0.272 e. The van der Waals surface area contributed by atoms with E-state index < -0.39 is 0 Å². The summed E-state index contributed by atoms with van der Waals surface area (Å²) in [4.78, 5) is 32.5. The third-order valence-corrected chi connectivity index (χ3v) is 5.79. The van der Waals surface area contributed by atoms with Crippen molar-refractivity contribution in [3.05, 3.63) is 42.5 Å². The number of amides is 1. The molecule has 4 heterocycles. The first-order chi connectivity index (χ1) is 13.8. The Morgan fingerprint density at radius 1 is 1.04 bits per heavy atom. The summed E-state index contributed by atoms with van der Waals surface area (Å²) in [6.07, 6.45) is 10.1. The standard InChI is InChI=1S/C21H28N6O/c1-2-17-6-3-4-11-27(17)18-7-10-22-19(16-18)20(28)25-12-14-26(15-13-25)21-23-8-5-9-24-21/h5,7-10,16-17H,2-4,6,11-15H2,1H3. The van der Waals surface area contributed by atoms with Gasteiger partial charge in [0.1, 0.15) is 5.69 Å². The minimum Gasteiger partial charge on any atom is -0.368 e. The molecule has 2 saturated heterocycles. The lowest BCUT2D eigenvalue weighted by Crippen LogP contribution is -2.49. The minimum atomic E-state index is 0.0144. The maximum absolute atomic E-state index is 13.0. The molecule has 0 aliphatic carbocycles. The zero-order valence-electron chi connectivity index (χ0n) is 16.5. The molecule has 0 radical (unpaired) electrons. The first kappa shape index (κ1) is 18.7. The molecule has 1 atom stereocenters. The van der Waals surface area contributed by atoms with Crippen LogP contribution in [0.3, 0.4) is 0 Å². The van der Waals surface area contributed by atoms with Gasteiger partial charge in [-0.3, -0.25) is 9.78 Å². The first-order valence-corrected chi connectivity index (χ1v) is 10.3. The molecule has 0 aromatic carbocycles. The quantitative estimate of drug-likeness (QED) is 0.812. The summed E-state index contributed by atoms with van der Waals surface area (Å²) in [6.45, 7) is 6.09. The molecule has 1 amide bonds. The SMILES string of the molecule is CCC1CCCCN1c1ccnc(C(=O)N2CCN(c3ncccn3)CC2)c1. The van der Waals surface area contributed by atoms with Crippen LogP contribution in [0.1, 0.15) is 43.1 Å². The fraction of sp³-hybridized carbons (Fsp3) is 0.524. The van der Waals surface area contributed by atoms with E-state index in [9.17, 15) is 4.79 Å². The maximum Gasteiger partial charge on any atom is 0.272 e. The van der Waals surface area contributed by atoms with E-state index >= 15 is 0 Å². The van der Waals surface area contributed by atoms with Crippen molar-refractivity contribution in [1.29, 1.82) is 0 Å². The van der Waals surface area contributed by atoms with E-state index in [1.54, 1.807) is 18.6 Å². The molecule has 4 rings (SSSR count). The monoisotopic (exact) mass is 380 g/mol. The number of pyridine rings is 1. The normalized spacial score (nSPS) is 20.3. The van der Waals surface area contributed by atoms with Gasteiger partial charge in [0, 0.05) is 63.0 Å². The van der Waals surface area contributed by atoms with Gasteiger partial charge in [0.05, 0.1) is 0 Å². The Labute approximate surface area is 166 Å². The summed E-state index contributed by atoms with van der Waals surface area (Å²) in [5.74, 6) is 0.742. The van der Waals surface area contributed by atoms with Crippen LogP contribution in [0.5, 0.6) is 0 Å². The van der Waals surface area contributed by atoms with Crippen molar-refractivity contribution in [2.24, 2.45) is 0 Å². The highest BCUT2D eigenvalue weighted by molar-refractivity contribution is 5.93. The van der Waals surface area contributed by atoms with E-state index in [1.807, 2.05) is 23.1 Å². The van der Waals surface area contributed by atoms with Crippen LogP contribution in [0.4, 0.5) is 11.6 Å². The summed E-state index contributed by atoms with van der Waals surface area (Å²) >= 11 is 0. The highest BCUT2D eigenvalue weighted by atomic mass is 16.2. The predicted molar refractivity (Wildman–Crippen MR) is 110 cm³/mol. The lowest BCUT2D eigenvalue weighted by atomic mass is 9.99. The maximum atomic E-state index is 13.0. The molecule has 2 aliphatic heterocycles. The number of piperazine rings is 1. The predicted octanol–water partition coefficient (Wildman–Crippen LogP) is 2.60. The van der Waals surface area contributed by atoms with Crippen LogP contribution in [-0.4, -0.2) is 64.5 Å². The van der Waals surface area contributed by atoms with Crippen LogP contribution in [0, 0.1) is 0 Å². The number of aromatic nitrogens is 3. The average Bonchev–Trinajstić information content (AvgIpc) is 2.79. The topological polar surface area (TPSA) is 65.5 Å². The summed E-state index contributed by atoms with van der Waals surface area (Å²) in [6, 6.07) is 6.39. The second-order valence-electron chi connectivity index (χ2n) is 7.48. The van der Waals surface area contributed by atoms with Gasteiger partial charge in [0.2, 0.25) is 5.95 Å². The highest BCUT2D eigenvalue weighted by Crippen LogP contribution is 2.27. The van der Waals surface area contributed by atoms with Crippen molar-refractivity contribution >= 4 is 17.5 Å². The van der Waals surface area contributed by atoms with Crippen LogP contribution in [0.2, 0.25) is 0 Å². The third kappa shape index (κ3) is 3.93. The molecule has 7 nitrogen and oxygen atoms in total. The molecular weight excluding hydrogens is 352 g/mol. The molecular formula is C21H28N6O. The Bertz CT molecular complexity index is 790. The average molecular weight is 380 g/mol. The van der Waals surface area contributed by atoms with E-state index in [1.165, 1.54) is 19.3 Å². The number of nitrogens with zero attached hydrogens (tertiary/aromatic N) is 6. The van der Waals surface area contributed by atoms with Crippen molar-refractivity contribution in [2.45, 2.75) is 38.6 Å². The summed E-state index contributed by atoms with van der Waals surface area (Å²) < 4.78 is 0. The largest absolute Gasteiger partial charge is 0.368 e. The number of rotatable bonds is 4. The van der Waals surface area contributed by atoms with Crippen LogP contribution < -0.4 is 9.80 Å². The summed E-state index contributed by atoms with van der Waals surface area (Å²) in [5.41, 5.74) is 1.67. The molecule has 148 valence electrons. The van der Waals surface area contributed by atoms with Crippen LogP contribution in [-0.2, 0) is 0 Å². The molecule has 2 fully saturated rings. The van der Waals surface area contributed by atoms with E-state index in [2.05, 4.69) is 31.7 Å². The number of anilines is 2. The fourth-order valence-corrected chi connectivity index (χ4v) is 4.21. The number of hydrogen-bond acceptors (Lipinski definition) is 6. The second kappa shape index (κ2) is 8.54. The van der Waals surface area contributed by atoms with Crippen LogP contribution in [0.25, 0.3) is 0 Å². The van der Waals surface area contributed by atoms with Crippen LogP contribution in [0.15, 0.2) is 36.8 Å². The second-order valence-corrected chi connectivity index (χ2v) is 7.48. The summed E-state index contributed by atoms with van der Waals surface area (Å²) in [5, 5.41) is 0. The molecule has 2 aliphatic rings. The van der Waals surface area contributed by atoms with Gasteiger partial charge in [-0.2, -0.15) is 0 Å². The van der Waals surface area contributed by atoms with Crippen molar-refractivity contribution in [1.82, 2.24) is 19.9 Å². The van der Waals surface area contributed by atoms with Gasteiger partial charge in [0.15, 0.2) is 0 Å². The zero-order chi connectivity index (χ0) is 19.3. The Kier molecular flexibility index (Phi) is 5.69. The summed E-state index contributed by atoms with van der Waals surface area (Å²) in [7, 11) is 0. The third-order valence-electron chi connectivity index (χ3n) is 5.79. The Hall–Kier alpha value is -2.70. The fourth-order valence-electron chi connectivity index (χ4n) is 4.21. The molecule has 0 N–H and O–H groups in total. The molecule has 0 spiro atoms. The first-order valence-electron chi connectivity index (χ1n) is 10.3. The van der Waals surface area contributed by atoms with Gasteiger partial charge in [-0.05, 0) is 43.9 Å². The number of piperidine rings is 1. The van der Waals surface area contributed by atoms with Gasteiger partial charge in [-0.1, -0.05) is 6.92 Å². The molecule has 7 heteroatoms. The van der Waals surface area contributed by atoms with Gasteiger partial charge in [-0.25, -0.2) is 9.97 Å². The number of carbonyl (C=O) groups is 1. The Morgan fingerprint density at radius 3 is 2.57 bits per heavy atom. The molecule has 1 unspecified atom stereocenters. The zero-order valence-corrected chi connectivity index (χ0v) is 16.5. The highest BCUT2D eigenvalue weighted by Gasteiger charge is 2.26. The van der Waals surface area contributed by atoms with Crippen molar-refractivity contribution in [2.75, 3.05) is 42.5 Å². The van der Waals surface area contributed by atoms with Crippen molar-refractivity contribution < 1.29 is 4.79 Å². The van der Waals surface area contributed by atoms with Crippen molar-refractivity contribution in [3.63, 3.8) is 0 Å². The van der Waals surface area contributed by atoms with Gasteiger partial charge in [-0.15, -0.1) is 0 Å². The van der Waals surface area contributed by atoms with Gasteiger partial charge < -0.3 is 14.7 Å². The molecule has 2 aromatic heterocycles. The van der Waals surface area contributed by atoms with Crippen molar-refractivity contribution in [3.8, 4) is 0 Å². The molecule has 0 saturated carbocycles. The number of carbonyl (C=O) groups excluding carboxylic acids is 1. The van der Waals surface area contributed by atoms with Gasteiger partial charge in [0.25, 0.3) is 5.91 Å². The van der Waals surface area contributed by atoms with E-state index in [0.29, 0.717) is 24.8 Å². The molecule has 0 bridgehead atoms. The Balaban J connectivity index is 1.43.